The van der Waals surface area contributed by atoms with Gasteiger partial charge in [-0.05, 0) is 44.4 Å². The SMILES string of the molecule is Cc1nc(C(=O)NCc2cccc(Cl)c2)c(C)n1C1CCN(S(C)(=O)=O)CC1. The van der Waals surface area contributed by atoms with Gasteiger partial charge >= 0.3 is 0 Å². The molecule has 0 saturated carbocycles. The summed E-state index contributed by atoms with van der Waals surface area (Å²) in [5.74, 6) is 0.538. The highest BCUT2D eigenvalue weighted by atomic mass is 35.5. The van der Waals surface area contributed by atoms with E-state index >= 15 is 0 Å². The van der Waals surface area contributed by atoms with Crippen LogP contribution in [0.4, 0.5) is 0 Å². The Bertz CT molecular complexity index is 979. The number of rotatable bonds is 5. The third kappa shape index (κ3) is 4.56. The molecule has 0 spiro atoms. The Morgan fingerprint density at radius 1 is 1.29 bits per heavy atom. The van der Waals surface area contributed by atoms with Crippen LogP contribution in [0.25, 0.3) is 0 Å². The number of benzene rings is 1. The molecule has 1 aromatic carbocycles. The maximum absolute atomic E-state index is 12.6. The first-order valence-corrected chi connectivity index (χ1v) is 11.4. The van der Waals surface area contributed by atoms with Gasteiger partial charge in [0.15, 0.2) is 0 Å². The molecule has 3 rings (SSSR count). The smallest absolute Gasteiger partial charge is 0.272 e. The van der Waals surface area contributed by atoms with Gasteiger partial charge in [0.2, 0.25) is 10.0 Å². The molecule has 7 nitrogen and oxygen atoms in total. The topological polar surface area (TPSA) is 84.3 Å². The third-order valence-electron chi connectivity index (χ3n) is 5.14. The van der Waals surface area contributed by atoms with Gasteiger partial charge in [-0.15, -0.1) is 0 Å². The first-order chi connectivity index (χ1) is 13.2. The summed E-state index contributed by atoms with van der Waals surface area (Å²) in [5.41, 5.74) is 2.13. The number of halogens is 1. The summed E-state index contributed by atoms with van der Waals surface area (Å²) in [6.07, 6.45) is 2.65. The van der Waals surface area contributed by atoms with Crippen molar-refractivity contribution in [3.63, 3.8) is 0 Å². The van der Waals surface area contributed by atoms with E-state index in [-0.39, 0.29) is 11.9 Å². The van der Waals surface area contributed by atoms with Crippen LogP contribution in [0.15, 0.2) is 24.3 Å². The van der Waals surface area contributed by atoms with Crippen molar-refractivity contribution in [1.82, 2.24) is 19.2 Å². The average molecular weight is 425 g/mol. The predicted octanol–water partition coefficient (Wildman–Crippen LogP) is 2.68. The summed E-state index contributed by atoms with van der Waals surface area (Å²) < 4.78 is 27.0. The van der Waals surface area contributed by atoms with Crippen LogP contribution in [0, 0.1) is 13.8 Å². The van der Waals surface area contributed by atoms with E-state index in [2.05, 4.69) is 14.9 Å². The summed E-state index contributed by atoms with van der Waals surface area (Å²) in [7, 11) is -3.16. The van der Waals surface area contributed by atoms with Crippen LogP contribution in [-0.4, -0.2) is 47.5 Å². The van der Waals surface area contributed by atoms with Crippen molar-refractivity contribution in [1.29, 1.82) is 0 Å². The molecule has 1 aromatic heterocycles. The van der Waals surface area contributed by atoms with Gasteiger partial charge in [0.1, 0.15) is 11.5 Å². The lowest BCUT2D eigenvalue weighted by atomic mass is 10.1. The van der Waals surface area contributed by atoms with E-state index < -0.39 is 10.0 Å². The van der Waals surface area contributed by atoms with Gasteiger partial charge in [-0.2, -0.15) is 0 Å². The van der Waals surface area contributed by atoms with Gasteiger partial charge in [0.05, 0.1) is 6.26 Å². The lowest BCUT2D eigenvalue weighted by Gasteiger charge is -2.32. The lowest BCUT2D eigenvalue weighted by Crippen LogP contribution is -2.38. The van der Waals surface area contributed by atoms with Gasteiger partial charge in [-0.1, -0.05) is 23.7 Å². The number of aromatic nitrogens is 2. The fourth-order valence-corrected chi connectivity index (χ4v) is 4.84. The molecule has 1 aliphatic rings. The zero-order chi connectivity index (χ0) is 20.5. The summed E-state index contributed by atoms with van der Waals surface area (Å²) in [5, 5.41) is 3.52. The summed E-state index contributed by atoms with van der Waals surface area (Å²) in [4.78, 5) is 17.1. The van der Waals surface area contributed by atoms with Gasteiger partial charge in [-0.3, -0.25) is 4.79 Å². The minimum absolute atomic E-state index is 0.139. The average Bonchev–Trinajstić information content (AvgIpc) is 2.93. The molecule has 0 aliphatic carbocycles. The first kappa shape index (κ1) is 20.8. The maximum Gasteiger partial charge on any atom is 0.272 e. The van der Waals surface area contributed by atoms with Crippen LogP contribution in [0.1, 0.15) is 46.5 Å². The first-order valence-electron chi connectivity index (χ1n) is 9.20. The standard InChI is InChI=1S/C19H25ClN4O3S/c1-13-18(19(25)21-12-15-5-4-6-16(20)11-15)22-14(2)24(13)17-7-9-23(10-8-17)28(3,26)27/h4-6,11,17H,7-10,12H2,1-3H3,(H,21,25). The second-order valence-corrected chi connectivity index (χ2v) is 9.59. The normalized spacial score (nSPS) is 16.3. The quantitative estimate of drug-likeness (QED) is 0.799. The zero-order valence-electron chi connectivity index (χ0n) is 16.3. The van der Waals surface area contributed by atoms with Crippen molar-refractivity contribution in [3.8, 4) is 0 Å². The number of sulfonamides is 1. The Kier molecular flexibility index (Phi) is 6.12. The molecule has 1 amide bonds. The van der Waals surface area contributed by atoms with Gasteiger partial charge in [0, 0.05) is 36.4 Å². The van der Waals surface area contributed by atoms with Crippen LogP contribution < -0.4 is 5.32 Å². The number of aryl methyl sites for hydroxylation is 1. The summed E-state index contributed by atoms with van der Waals surface area (Å²) >= 11 is 5.98. The Balaban J connectivity index is 1.70. The molecule has 1 aliphatic heterocycles. The van der Waals surface area contributed by atoms with Gasteiger partial charge in [-0.25, -0.2) is 17.7 Å². The number of piperidine rings is 1. The molecule has 1 N–H and O–H groups in total. The van der Waals surface area contributed by atoms with Crippen LogP contribution in [-0.2, 0) is 16.6 Å². The molecule has 0 bridgehead atoms. The van der Waals surface area contributed by atoms with E-state index in [1.54, 1.807) is 6.07 Å². The maximum atomic E-state index is 12.6. The van der Waals surface area contributed by atoms with Crippen molar-refractivity contribution >= 4 is 27.5 Å². The number of amides is 1. The Morgan fingerprint density at radius 3 is 2.57 bits per heavy atom. The van der Waals surface area contributed by atoms with E-state index in [9.17, 15) is 13.2 Å². The fraction of sp³-hybridized carbons (Fsp3) is 0.474. The molecule has 152 valence electrons. The Labute approximate surface area is 170 Å². The van der Waals surface area contributed by atoms with E-state index in [0.29, 0.717) is 43.2 Å². The van der Waals surface area contributed by atoms with E-state index in [4.69, 9.17) is 11.6 Å². The monoisotopic (exact) mass is 424 g/mol. The number of carbonyl (C=O) groups is 1. The van der Waals surface area contributed by atoms with Gasteiger partial charge in [0.25, 0.3) is 5.91 Å². The lowest BCUT2D eigenvalue weighted by molar-refractivity contribution is 0.0945. The molecular formula is C19H25ClN4O3S. The second-order valence-electron chi connectivity index (χ2n) is 7.17. The Morgan fingerprint density at radius 2 is 1.96 bits per heavy atom. The molecule has 1 saturated heterocycles. The minimum atomic E-state index is -3.16. The molecule has 2 aromatic rings. The number of imidazole rings is 1. The van der Waals surface area contributed by atoms with Crippen LogP contribution >= 0.6 is 11.6 Å². The minimum Gasteiger partial charge on any atom is -0.347 e. The molecule has 2 heterocycles. The summed E-state index contributed by atoms with van der Waals surface area (Å²) in [6.45, 7) is 5.10. The molecule has 0 radical (unpaired) electrons. The van der Waals surface area contributed by atoms with E-state index in [0.717, 1.165) is 17.1 Å². The van der Waals surface area contributed by atoms with E-state index in [1.165, 1.54) is 10.6 Å². The molecular weight excluding hydrogens is 400 g/mol. The molecule has 0 atom stereocenters. The van der Waals surface area contributed by atoms with Crippen LogP contribution in [0.2, 0.25) is 5.02 Å². The third-order valence-corrected chi connectivity index (χ3v) is 6.68. The number of nitrogens with one attached hydrogen (secondary N) is 1. The number of nitrogens with zero attached hydrogens (tertiary/aromatic N) is 3. The van der Waals surface area contributed by atoms with E-state index in [1.807, 2.05) is 32.0 Å². The highest BCUT2D eigenvalue weighted by Crippen LogP contribution is 2.28. The van der Waals surface area contributed by atoms with Crippen molar-refractivity contribution in [3.05, 3.63) is 52.1 Å². The van der Waals surface area contributed by atoms with Crippen molar-refractivity contribution in [2.45, 2.75) is 39.3 Å². The highest BCUT2D eigenvalue weighted by Gasteiger charge is 2.29. The fourth-order valence-electron chi connectivity index (χ4n) is 3.75. The highest BCUT2D eigenvalue weighted by molar-refractivity contribution is 7.88. The predicted molar refractivity (Wildman–Crippen MR) is 109 cm³/mol. The largest absolute Gasteiger partial charge is 0.347 e. The van der Waals surface area contributed by atoms with Crippen molar-refractivity contribution in [2.24, 2.45) is 0 Å². The second kappa shape index (κ2) is 8.23. The van der Waals surface area contributed by atoms with Crippen molar-refractivity contribution < 1.29 is 13.2 Å². The molecule has 0 unspecified atom stereocenters. The van der Waals surface area contributed by atoms with Crippen molar-refractivity contribution in [2.75, 3.05) is 19.3 Å². The number of carbonyl (C=O) groups excluding carboxylic acids is 1. The molecule has 9 heteroatoms. The van der Waals surface area contributed by atoms with Crippen LogP contribution in [0.5, 0.6) is 0 Å². The zero-order valence-corrected chi connectivity index (χ0v) is 17.8. The van der Waals surface area contributed by atoms with Crippen LogP contribution in [0.3, 0.4) is 0 Å². The van der Waals surface area contributed by atoms with Gasteiger partial charge < -0.3 is 9.88 Å². The number of hydrogen-bond acceptors (Lipinski definition) is 4. The number of hydrogen-bond donors (Lipinski definition) is 1. The summed E-state index contributed by atoms with van der Waals surface area (Å²) in [6, 6.07) is 7.49. The Hall–Kier alpha value is -1.90. The molecule has 1 fully saturated rings. The molecule has 28 heavy (non-hydrogen) atoms.